The van der Waals surface area contributed by atoms with E-state index in [9.17, 15) is 4.39 Å². The highest BCUT2D eigenvalue weighted by Crippen LogP contribution is 2.25. The Morgan fingerprint density at radius 3 is 2.80 bits per heavy atom. The summed E-state index contributed by atoms with van der Waals surface area (Å²) < 4.78 is 20.2. The summed E-state index contributed by atoms with van der Waals surface area (Å²) in [6.45, 7) is 1.68. The quantitative estimate of drug-likeness (QED) is 0.831. The van der Waals surface area contributed by atoms with Gasteiger partial charge in [-0.1, -0.05) is 28.1 Å². The lowest BCUT2D eigenvalue weighted by Crippen LogP contribution is -2.24. The van der Waals surface area contributed by atoms with E-state index in [1.54, 1.807) is 12.1 Å². The molecule has 2 aromatic carbocycles. The first kappa shape index (κ1) is 13.4. The van der Waals surface area contributed by atoms with Gasteiger partial charge in [0, 0.05) is 23.1 Å². The highest BCUT2D eigenvalue weighted by molar-refractivity contribution is 9.10. The topological polar surface area (TPSA) is 12.5 Å². The number of hydrogen-bond acceptors (Lipinski definition) is 2. The minimum atomic E-state index is -0.196. The van der Waals surface area contributed by atoms with Gasteiger partial charge in [-0.05, 0) is 36.4 Å². The number of anilines is 1. The third-order valence-electron chi connectivity index (χ3n) is 3.42. The van der Waals surface area contributed by atoms with Crippen LogP contribution in [0.2, 0.25) is 0 Å². The molecule has 20 heavy (non-hydrogen) atoms. The average Bonchev–Trinajstić information content (AvgIpc) is 2.87. The monoisotopic (exact) mass is 335 g/mol. The molecule has 104 valence electrons. The van der Waals surface area contributed by atoms with E-state index >= 15 is 0 Å². The molecule has 0 spiro atoms. The van der Waals surface area contributed by atoms with E-state index in [2.05, 4.69) is 20.8 Å². The summed E-state index contributed by atoms with van der Waals surface area (Å²) in [6, 6.07) is 14.6. The first-order valence-corrected chi connectivity index (χ1v) is 7.43. The van der Waals surface area contributed by atoms with Crippen LogP contribution in [0.15, 0.2) is 53.0 Å². The Bertz CT molecular complexity index is 605. The van der Waals surface area contributed by atoms with Gasteiger partial charge in [0.15, 0.2) is 0 Å². The molecule has 0 aliphatic carbocycles. The number of hydrogen-bond donors (Lipinski definition) is 0. The molecule has 1 unspecified atom stereocenters. The molecule has 4 heteroatoms. The number of rotatable bonds is 3. The van der Waals surface area contributed by atoms with Crippen LogP contribution in [0.4, 0.5) is 10.1 Å². The van der Waals surface area contributed by atoms with Crippen LogP contribution >= 0.6 is 15.9 Å². The smallest absolute Gasteiger partial charge is 0.125 e. The summed E-state index contributed by atoms with van der Waals surface area (Å²) in [5.74, 6) is 0.671. The van der Waals surface area contributed by atoms with Gasteiger partial charge in [-0.3, -0.25) is 0 Å². The average molecular weight is 336 g/mol. The fraction of sp³-hybridized carbons (Fsp3) is 0.250. The molecule has 1 fully saturated rings. The van der Waals surface area contributed by atoms with Crippen LogP contribution in [0.5, 0.6) is 5.75 Å². The number of nitrogens with zero attached hydrogens (tertiary/aromatic N) is 1. The Labute approximate surface area is 126 Å². The molecular weight excluding hydrogens is 321 g/mol. The summed E-state index contributed by atoms with van der Waals surface area (Å²) in [5, 5.41) is 0. The van der Waals surface area contributed by atoms with E-state index < -0.39 is 0 Å². The second kappa shape index (κ2) is 5.83. The van der Waals surface area contributed by atoms with E-state index in [4.69, 9.17) is 4.74 Å². The van der Waals surface area contributed by atoms with Gasteiger partial charge in [-0.25, -0.2) is 4.39 Å². The van der Waals surface area contributed by atoms with Gasteiger partial charge in [0.2, 0.25) is 0 Å². The van der Waals surface area contributed by atoms with E-state index in [0.717, 1.165) is 35.4 Å². The Morgan fingerprint density at radius 2 is 2.00 bits per heavy atom. The Hall–Kier alpha value is -1.55. The minimum Gasteiger partial charge on any atom is -0.488 e. The maximum absolute atomic E-state index is 13.2. The molecule has 0 N–H and O–H groups in total. The molecule has 1 aliphatic heterocycles. The molecule has 0 saturated carbocycles. The van der Waals surface area contributed by atoms with Crippen molar-refractivity contribution in [3.05, 3.63) is 58.8 Å². The number of halogens is 2. The summed E-state index contributed by atoms with van der Waals surface area (Å²) in [4.78, 5) is 2.16. The molecule has 3 rings (SSSR count). The van der Waals surface area contributed by atoms with E-state index in [-0.39, 0.29) is 11.9 Å². The molecule has 0 bridgehead atoms. The van der Waals surface area contributed by atoms with Crippen molar-refractivity contribution in [2.45, 2.75) is 12.5 Å². The SMILES string of the molecule is Fc1cccc(N2CCC(Oc3cccc(Br)c3)C2)c1. The van der Waals surface area contributed by atoms with E-state index in [1.807, 2.05) is 30.3 Å². The van der Waals surface area contributed by atoms with Gasteiger partial charge in [-0.15, -0.1) is 0 Å². The lowest BCUT2D eigenvalue weighted by Gasteiger charge is -2.19. The predicted molar refractivity (Wildman–Crippen MR) is 81.8 cm³/mol. The normalized spacial score (nSPS) is 18.3. The van der Waals surface area contributed by atoms with Crippen LogP contribution in [0.25, 0.3) is 0 Å². The van der Waals surface area contributed by atoms with Gasteiger partial charge in [-0.2, -0.15) is 0 Å². The zero-order chi connectivity index (χ0) is 13.9. The highest BCUT2D eigenvalue weighted by atomic mass is 79.9. The van der Waals surface area contributed by atoms with E-state index in [0.29, 0.717) is 0 Å². The Morgan fingerprint density at radius 1 is 1.15 bits per heavy atom. The van der Waals surface area contributed by atoms with Crippen LogP contribution in [-0.4, -0.2) is 19.2 Å². The largest absolute Gasteiger partial charge is 0.488 e. The zero-order valence-electron chi connectivity index (χ0n) is 10.9. The van der Waals surface area contributed by atoms with Crippen molar-refractivity contribution in [2.75, 3.05) is 18.0 Å². The third-order valence-corrected chi connectivity index (χ3v) is 3.91. The number of ether oxygens (including phenoxy) is 1. The van der Waals surface area contributed by atoms with Crippen LogP contribution in [0, 0.1) is 5.82 Å². The fourth-order valence-electron chi connectivity index (χ4n) is 2.46. The molecule has 1 saturated heterocycles. The molecule has 1 aliphatic rings. The van der Waals surface area contributed by atoms with Crippen molar-refractivity contribution in [2.24, 2.45) is 0 Å². The molecule has 2 nitrogen and oxygen atoms in total. The molecular formula is C16H15BrFNO. The summed E-state index contributed by atoms with van der Waals surface area (Å²) in [5.41, 5.74) is 0.922. The number of benzene rings is 2. The summed E-state index contributed by atoms with van der Waals surface area (Å²) in [7, 11) is 0. The maximum atomic E-state index is 13.2. The van der Waals surface area contributed by atoms with Crippen molar-refractivity contribution in [3.8, 4) is 5.75 Å². The fourth-order valence-corrected chi connectivity index (χ4v) is 2.84. The second-order valence-electron chi connectivity index (χ2n) is 4.91. The van der Waals surface area contributed by atoms with Crippen molar-refractivity contribution in [1.82, 2.24) is 0 Å². The first-order chi connectivity index (χ1) is 9.70. The summed E-state index contributed by atoms with van der Waals surface area (Å²) in [6.07, 6.45) is 1.09. The van der Waals surface area contributed by atoms with Gasteiger partial charge >= 0.3 is 0 Å². The molecule has 0 amide bonds. The third kappa shape index (κ3) is 3.12. The summed E-state index contributed by atoms with van der Waals surface area (Å²) >= 11 is 3.44. The van der Waals surface area contributed by atoms with Crippen molar-refractivity contribution in [1.29, 1.82) is 0 Å². The predicted octanol–water partition coefficient (Wildman–Crippen LogP) is 4.25. The lowest BCUT2D eigenvalue weighted by molar-refractivity contribution is 0.225. The molecule has 0 radical (unpaired) electrons. The van der Waals surface area contributed by atoms with Gasteiger partial charge in [0.05, 0.1) is 6.54 Å². The van der Waals surface area contributed by atoms with Crippen LogP contribution < -0.4 is 9.64 Å². The second-order valence-corrected chi connectivity index (χ2v) is 5.83. The standard InChI is InChI=1S/C16H15BrFNO/c17-12-3-1-6-15(9-12)20-16-7-8-19(11-16)14-5-2-4-13(18)10-14/h1-6,9-10,16H,7-8,11H2. The van der Waals surface area contributed by atoms with Crippen molar-refractivity contribution < 1.29 is 9.13 Å². The van der Waals surface area contributed by atoms with Gasteiger partial charge in [0.25, 0.3) is 0 Å². The maximum Gasteiger partial charge on any atom is 0.125 e. The van der Waals surface area contributed by atoms with Gasteiger partial charge in [0.1, 0.15) is 17.7 Å². The lowest BCUT2D eigenvalue weighted by atomic mass is 10.3. The van der Waals surface area contributed by atoms with Crippen molar-refractivity contribution >= 4 is 21.6 Å². The highest BCUT2D eigenvalue weighted by Gasteiger charge is 2.24. The van der Waals surface area contributed by atoms with Crippen molar-refractivity contribution in [3.63, 3.8) is 0 Å². The molecule has 1 atom stereocenters. The molecule has 1 heterocycles. The Kier molecular flexibility index (Phi) is 3.92. The van der Waals surface area contributed by atoms with Crippen LogP contribution in [0.3, 0.4) is 0 Å². The minimum absolute atomic E-state index is 0.146. The van der Waals surface area contributed by atoms with Crippen LogP contribution in [0.1, 0.15) is 6.42 Å². The Balaban J connectivity index is 1.65. The first-order valence-electron chi connectivity index (χ1n) is 6.63. The van der Waals surface area contributed by atoms with E-state index in [1.165, 1.54) is 6.07 Å². The zero-order valence-corrected chi connectivity index (χ0v) is 12.5. The molecule has 2 aromatic rings. The van der Waals surface area contributed by atoms with Crippen LogP contribution in [-0.2, 0) is 0 Å². The molecule has 0 aromatic heterocycles. The van der Waals surface area contributed by atoms with Gasteiger partial charge < -0.3 is 9.64 Å².